The van der Waals surface area contributed by atoms with E-state index in [0.717, 1.165) is 26.9 Å². The SMILES string of the molecule is C=C(NC(=O)C(=C)N1Cc2c(cccc2-c2ccc3scnc3c2)C1=O)c1nc(C)no1. The highest BCUT2D eigenvalue weighted by molar-refractivity contribution is 7.16. The summed E-state index contributed by atoms with van der Waals surface area (Å²) < 4.78 is 6.10. The topological polar surface area (TPSA) is 101 Å². The molecule has 2 aromatic heterocycles. The summed E-state index contributed by atoms with van der Waals surface area (Å²) in [6.45, 7) is 9.47. The number of aromatic nitrogens is 3. The van der Waals surface area contributed by atoms with E-state index in [4.69, 9.17) is 4.52 Å². The monoisotopic (exact) mass is 443 g/mol. The first kappa shape index (κ1) is 19.8. The lowest BCUT2D eigenvalue weighted by molar-refractivity contribution is -0.117. The summed E-state index contributed by atoms with van der Waals surface area (Å²) in [7, 11) is 0. The van der Waals surface area contributed by atoms with Gasteiger partial charge in [0.2, 0.25) is 0 Å². The second kappa shape index (κ2) is 7.54. The highest BCUT2D eigenvalue weighted by Gasteiger charge is 2.33. The summed E-state index contributed by atoms with van der Waals surface area (Å²) in [6.07, 6.45) is 0. The number of nitrogens with one attached hydrogen (secondary N) is 1. The standard InChI is InChI=1S/C23H17N5O3S/c1-12(22-26-14(3)27-31-22)25-21(29)13(2)28-10-18-16(5-4-6-17(18)23(28)30)15-7-8-20-19(9-15)24-11-32-20/h4-9,11H,1-2,10H2,3H3,(H,25,29). The zero-order valence-electron chi connectivity index (χ0n) is 17.1. The van der Waals surface area contributed by atoms with Crippen molar-refractivity contribution in [2.24, 2.45) is 0 Å². The van der Waals surface area contributed by atoms with Gasteiger partial charge in [-0.05, 0) is 41.8 Å². The Morgan fingerprint density at radius 2 is 2.03 bits per heavy atom. The number of hydrogen-bond acceptors (Lipinski definition) is 7. The summed E-state index contributed by atoms with van der Waals surface area (Å²) in [4.78, 5) is 35.6. The lowest BCUT2D eigenvalue weighted by atomic mass is 9.97. The Morgan fingerprint density at radius 1 is 1.22 bits per heavy atom. The minimum absolute atomic E-state index is 0.00416. The quantitative estimate of drug-likeness (QED) is 0.469. The Labute approximate surface area is 186 Å². The Bertz CT molecular complexity index is 1430. The van der Waals surface area contributed by atoms with Gasteiger partial charge in [0.1, 0.15) is 5.70 Å². The molecule has 5 rings (SSSR count). The molecule has 2 aromatic carbocycles. The maximum Gasteiger partial charge on any atom is 0.273 e. The molecule has 2 amide bonds. The van der Waals surface area contributed by atoms with Crippen molar-refractivity contribution >= 4 is 39.1 Å². The fourth-order valence-corrected chi connectivity index (χ4v) is 4.31. The third-order valence-electron chi connectivity index (χ3n) is 5.25. The summed E-state index contributed by atoms with van der Waals surface area (Å²) in [5.41, 5.74) is 6.12. The largest absolute Gasteiger partial charge is 0.332 e. The molecule has 0 saturated carbocycles. The van der Waals surface area contributed by atoms with Gasteiger partial charge in [0.05, 0.1) is 28.0 Å². The molecular formula is C23H17N5O3S. The Morgan fingerprint density at radius 3 is 2.81 bits per heavy atom. The van der Waals surface area contributed by atoms with Crippen LogP contribution in [0, 0.1) is 6.92 Å². The highest BCUT2D eigenvalue weighted by Crippen LogP contribution is 2.35. The van der Waals surface area contributed by atoms with Crippen molar-refractivity contribution in [3.05, 3.63) is 83.6 Å². The van der Waals surface area contributed by atoms with Gasteiger partial charge in [0.25, 0.3) is 17.7 Å². The molecule has 4 aromatic rings. The number of carbonyl (C=O) groups is 2. The molecule has 8 nitrogen and oxygen atoms in total. The van der Waals surface area contributed by atoms with Gasteiger partial charge in [-0.15, -0.1) is 11.3 Å². The predicted molar refractivity (Wildman–Crippen MR) is 120 cm³/mol. The molecule has 0 atom stereocenters. The fraction of sp³-hybridized carbons (Fsp3) is 0.0870. The highest BCUT2D eigenvalue weighted by atomic mass is 32.1. The molecule has 3 heterocycles. The smallest absolute Gasteiger partial charge is 0.273 e. The van der Waals surface area contributed by atoms with Crippen molar-refractivity contribution < 1.29 is 14.1 Å². The molecule has 0 unspecified atom stereocenters. The van der Waals surface area contributed by atoms with E-state index in [2.05, 4.69) is 33.6 Å². The summed E-state index contributed by atoms with van der Waals surface area (Å²) in [6, 6.07) is 11.6. The third kappa shape index (κ3) is 3.28. The van der Waals surface area contributed by atoms with Gasteiger partial charge in [0.15, 0.2) is 5.82 Å². The first-order valence-electron chi connectivity index (χ1n) is 9.69. The van der Waals surface area contributed by atoms with Crippen LogP contribution in [0.15, 0.2) is 65.3 Å². The van der Waals surface area contributed by atoms with Gasteiger partial charge in [-0.3, -0.25) is 14.5 Å². The zero-order valence-corrected chi connectivity index (χ0v) is 17.9. The molecule has 9 heteroatoms. The maximum absolute atomic E-state index is 13.1. The molecule has 1 aliphatic heterocycles. The van der Waals surface area contributed by atoms with Crippen LogP contribution in [0.5, 0.6) is 0 Å². The molecule has 0 aliphatic carbocycles. The number of fused-ring (bicyclic) bond motifs is 2. The van der Waals surface area contributed by atoms with Crippen molar-refractivity contribution in [2.75, 3.05) is 0 Å². The number of rotatable bonds is 5. The van der Waals surface area contributed by atoms with Gasteiger partial charge in [-0.25, -0.2) is 4.98 Å². The summed E-state index contributed by atoms with van der Waals surface area (Å²) >= 11 is 1.58. The molecule has 0 bridgehead atoms. The number of aryl methyl sites for hydroxylation is 1. The normalized spacial score (nSPS) is 12.8. The van der Waals surface area contributed by atoms with Crippen molar-refractivity contribution in [1.29, 1.82) is 0 Å². The van der Waals surface area contributed by atoms with E-state index < -0.39 is 5.91 Å². The van der Waals surface area contributed by atoms with E-state index in [-0.39, 0.29) is 29.7 Å². The summed E-state index contributed by atoms with van der Waals surface area (Å²) in [5.74, 6) is -0.337. The average molecular weight is 443 g/mol. The van der Waals surface area contributed by atoms with Gasteiger partial charge < -0.3 is 9.84 Å². The Balaban J connectivity index is 1.40. The van der Waals surface area contributed by atoms with Crippen LogP contribution in [0.3, 0.4) is 0 Å². The Kier molecular flexibility index (Phi) is 4.67. The van der Waals surface area contributed by atoms with E-state index in [1.54, 1.807) is 29.8 Å². The van der Waals surface area contributed by atoms with Crippen molar-refractivity contribution in [3.8, 4) is 11.1 Å². The maximum atomic E-state index is 13.1. The molecule has 0 spiro atoms. The van der Waals surface area contributed by atoms with E-state index in [0.29, 0.717) is 11.4 Å². The first-order chi connectivity index (χ1) is 15.4. The molecule has 1 aliphatic rings. The minimum Gasteiger partial charge on any atom is -0.332 e. The lowest BCUT2D eigenvalue weighted by Crippen LogP contribution is -2.34. The molecule has 1 N–H and O–H groups in total. The Hall–Kier alpha value is -4.11. The van der Waals surface area contributed by atoms with Gasteiger partial charge >= 0.3 is 0 Å². The predicted octanol–water partition coefficient (Wildman–Crippen LogP) is 3.91. The first-order valence-corrected chi connectivity index (χ1v) is 10.6. The van der Waals surface area contributed by atoms with Gasteiger partial charge in [-0.2, -0.15) is 4.98 Å². The number of thiazole rings is 1. The van der Waals surface area contributed by atoms with Crippen LogP contribution in [0.25, 0.3) is 27.0 Å². The van der Waals surface area contributed by atoms with Crippen LogP contribution in [-0.4, -0.2) is 31.8 Å². The van der Waals surface area contributed by atoms with Gasteiger partial charge in [-0.1, -0.05) is 36.5 Å². The summed E-state index contributed by atoms with van der Waals surface area (Å²) in [5, 5.41) is 6.24. The van der Waals surface area contributed by atoms with Crippen molar-refractivity contribution in [3.63, 3.8) is 0 Å². The van der Waals surface area contributed by atoms with Crippen molar-refractivity contribution in [2.45, 2.75) is 13.5 Å². The van der Waals surface area contributed by atoms with E-state index in [1.807, 2.05) is 30.3 Å². The van der Waals surface area contributed by atoms with Crippen LogP contribution < -0.4 is 5.32 Å². The number of nitrogens with zero attached hydrogens (tertiary/aromatic N) is 4. The van der Waals surface area contributed by atoms with E-state index in [1.165, 1.54) is 4.90 Å². The third-order valence-corrected chi connectivity index (χ3v) is 6.06. The second-order valence-corrected chi connectivity index (χ2v) is 8.17. The molecule has 158 valence electrons. The van der Waals surface area contributed by atoms with E-state index >= 15 is 0 Å². The van der Waals surface area contributed by atoms with Crippen LogP contribution >= 0.6 is 11.3 Å². The molecular weight excluding hydrogens is 426 g/mol. The average Bonchev–Trinajstić information content (AvgIpc) is 3.51. The second-order valence-electron chi connectivity index (χ2n) is 7.28. The number of hydrogen-bond donors (Lipinski definition) is 1. The van der Waals surface area contributed by atoms with E-state index in [9.17, 15) is 9.59 Å². The fourth-order valence-electron chi connectivity index (χ4n) is 3.65. The van der Waals surface area contributed by atoms with Crippen LogP contribution in [0.4, 0.5) is 0 Å². The molecule has 0 fully saturated rings. The number of carbonyl (C=O) groups excluding carboxylic acids is 2. The van der Waals surface area contributed by atoms with Gasteiger partial charge in [0, 0.05) is 5.56 Å². The lowest BCUT2D eigenvalue weighted by Gasteiger charge is -2.18. The minimum atomic E-state index is -0.572. The molecule has 0 radical (unpaired) electrons. The molecule has 0 saturated heterocycles. The number of amides is 2. The zero-order chi connectivity index (χ0) is 22.4. The number of benzene rings is 2. The van der Waals surface area contributed by atoms with Crippen LogP contribution in [-0.2, 0) is 11.3 Å². The molecule has 32 heavy (non-hydrogen) atoms. The van der Waals surface area contributed by atoms with Crippen molar-refractivity contribution in [1.82, 2.24) is 25.3 Å². The van der Waals surface area contributed by atoms with Crippen LogP contribution in [0.2, 0.25) is 0 Å². The van der Waals surface area contributed by atoms with Crippen LogP contribution in [0.1, 0.15) is 27.6 Å².